The summed E-state index contributed by atoms with van der Waals surface area (Å²) in [5.41, 5.74) is 3.41. The van der Waals surface area contributed by atoms with Crippen LogP contribution in [0.4, 0.5) is 0 Å². The molecule has 1 fully saturated rings. The van der Waals surface area contributed by atoms with Crippen molar-refractivity contribution in [2.75, 3.05) is 6.61 Å². The van der Waals surface area contributed by atoms with Crippen LogP contribution in [0.2, 0.25) is 0 Å². The molecule has 0 radical (unpaired) electrons. The maximum atomic E-state index is 9.14. The molecule has 2 aromatic rings. The molecule has 0 bridgehead atoms. The van der Waals surface area contributed by atoms with Gasteiger partial charge in [-0.3, -0.25) is 0 Å². The molecule has 1 aliphatic carbocycles. The van der Waals surface area contributed by atoms with Crippen molar-refractivity contribution in [3.63, 3.8) is 0 Å². The first kappa shape index (κ1) is 12.6. The van der Waals surface area contributed by atoms with Crippen LogP contribution in [0.5, 0.6) is 0 Å². The predicted molar refractivity (Wildman–Crippen MR) is 75.8 cm³/mol. The Balaban J connectivity index is 1.54. The van der Waals surface area contributed by atoms with Gasteiger partial charge >= 0.3 is 0 Å². The van der Waals surface area contributed by atoms with Gasteiger partial charge in [-0.2, -0.15) is 0 Å². The fraction of sp³-hybridized carbons (Fsp3) is 0.533. The molecule has 0 atom stereocenters. The van der Waals surface area contributed by atoms with Gasteiger partial charge in [0.25, 0.3) is 0 Å². The lowest BCUT2D eigenvalue weighted by Gasteiger charge is -2.28. The fourth-order valence-corrected chi connectivity index (χ4v) is 2.90. The van der Waals surface area contributed by atoms with E-state index >= 15 is 0 Å². The van der Waals surface area contributed by atoms with Gasteiger partial charge in [0.1, 0.15) is 0 Å². The molecule has 1 saturated carbocycles. The monoisotopic (exact) mass is 259 g/mol. The highest BCUT2D eigenvalue weighted by molar-refractivity contribution is 5.74. The van der Waals surface area contributed by atoms with E-state index in [4.69, 9.17) is 5.11 Å². The topological polar surface area (TPSA) is 60.9 Å². The van der Waals surface area contributed by atoms with Gasteiger partial charge in [0.2, 0.25) is 0 Å². The van der Waals surface area contributed by atoms with Crippen molar-refractivity contribution < 1.29 is 5.11 Å². The van der Waals surface area contributed by atoms with Crippen molar-refractivity contribution in [1.29, 1.82) is 0 Å². The number of nitrogens with zero attached hydrogens (tertiary/aromatic N) is 1. The molecule has 0 aliphatic heterocycles. The van der Waals surface area contributed by atoms with E-state index in [-0.39, 0.29) is 0 Å². The lowest BCUT2D eigenvalue weighted by molar-refractivity contribution is 0.175. The number of aliphatic hydroxyl groups excluding tert-OH is 1. The largest absolute Gasteiger partial charge is 0.396 e. The molecule has 0 saturated heterocycles. The van der Waals surface area contributed by atoms with E-state index in [1.54, 1.807) is 6.33 Å². The van der Waals surface area contributed by atoms with Gasteiger partial charge < -0.3 is 15.4 Å². The SMILES string of the molecule is OCC1CCC(NCc2ccc3nc[nH]c3c2)CC1. The molecule has 1 aromatic heterocycles. The van der Waals surface area contributed by atoms with Crippen molar-refractivity contribution in [3.05, 3.63) is 30.1 Å². The summed E-state index contributed by atoms with van der Waals surface area (Å²) >= 11 is 0. The Labute approximate surface area is 113 Å². The average Bonchev–Trinajstić information content (AvgIpc) is 2.93. The molecule has 4 nitrogen and oxygen atoms in total. The van der Waals surface area contributed by atoms with Crippen molar-refractivity contribution >= 4 is 11.0 Å². The number of hydrogen-bond donors (Lipinski definition) is 3. The summed E-state index contributed by atoms with van der Waals surface area (Å²) in [4.78, 5) is 7.37. The van der Waals surface area contributed by atoms with Crippen LogP contribution in [0.1, 0.15) is 31.2 Å². The van der Waals surface area contributed by atoms with Gasteiger partial charge in [0.15, 0.2) is 0 Å². The van der Waals surface area contributed by atoms with Gasteiger partial charge in [-0.1, -0.05) is 6.07 Å². The van der Waals surface area contributed by atoms with E-state index in [0.29, 0.717) is 18.6 Å². The average molecular weight is 259 g/mol. The number of nitrogens with one attached hydrogen (secondary N) is 2. The summed E-state index contributed by atoms with van der Waals surface area (Å²) in [7, 11) is 0. The zero-order valence-electron chi connectivity index (χ0n) is 11.1. The van der Waals surface area contributed by atoms with Crippen LogP contribution in [0.3, 0.4) is 0 Å². The second-order valence-electron chi connectivity index (χ2n) is 5.54. The van der Waals surface area contributed by atoms with E-state index in [1.165, 1.54) is 18.4 Å². The summed E-state index contributed by atoms with van der Waals surface area (Å²) in [6.07, 6.45) is 6.38. The van der Waals surface area contributed by atoms with E-state index in [2.05, 4.69) is 33.5 Å². The Kier molecular flexibility index (Phi) is 3.80. The minimum absolute atomic E-state index is 0.350. The molecule has 19 heavy (non-hydrogen) atoms. The minimum Gasteiger partial charge on any atom is -0.396 e. The number of aromatic amines is 1. The van der Waals surface area contributed by atoms with Crippen molar-refractivity contribution in [2.45, 2.75) is 38.3 Å². The highest BCUT2D eigenvalue weighted by atomic mass is 16.3. The van der Waals surface area contributed by atoms with Gasteiger partial charge in [-0.05, 0) is 49.3 Å². The number of rotatable bonds is 4. The van der Waals surface area contributed by atoms with Crippen molar-refractivity contribution in [1.82, 2.24) is 15.3 Å². The van der Waals surface area contributed by atoms with Gasteiger partial charge in [0, 0.05) is 19.2 Å². The number of aliphatic hydroxyl groups is 1. The minimum atomic E-state index is 0.350. The second kappa shape index (κ2) is 5.72. The molecule has 0 unspecified atom stereocenters. The van der Waals surface area contributed by atoms with Crippen LogP contribution in [-0.4, -0.2) is 27.7 Å². The predicted octanol–water partition coefficient (Wildman–Crippen LogP) is 2.20. The third kappa shape index (κ3) is 2.96. The number of benzene rings is 1. The van der Waals surface area contributed by atoms with Crippen molar-refractivity contribution in [3.8, 4) is 0 Å². The Morgan fingerprint density at radius 3 is 2.89 bits per heavy atom. The van der Waals surface area contributed by atoms with Gasteiger partial charge in [-0.25, -0.2) is 4.98 Å². The summed E-state index contributed by atoms with van der Waals surface area (Å²) in [6.45, 7) is 1.26. The summed E-state index contributed by atoms with van der Waals surface area (Å²) in [6, 6.07) is 6.95. The zero-order chi connectivity index (χ0) is 13.1. The molecular weight excluding hydrogens is 238 g/mol. The summed E-state index contributed by atoms with van der Waals surface area (Å²) in [5.74, 6) is 0.527. The number of fused-ring (bicyclic) bond motifs is 1. The lowest BCUT2D eigenvalue weighted by atomic mass is 9.86. The molecule has 1 aromatic carbocycles. The first-order valence-corrected chi connectivity index (χ1v) is 7.11. The van der Waals surface area contributed by atoms with Crippen molar-refractivity contribution in [2.24, 2.45) is 5.92 Å². The number of aromatic nitrogens is 2. The molecule has 102 valence electrons. The smallest absolute Gasteiger partial charge is 0.0931 e. The summed E-state index contributed by atoms with van der Waals surface area (Å²) < 4.78 is 0. The lowest BCUT2D eigenvalue weighted by Crippen LogP contribution is -2.33. The maximum Gasteiger partial charge on any atom is 0.0931 e. The molecule has 1 aliphatic rings. The van der Waals surface area contributed by atoms with Crippen LogP contribution < -0.4 is 5.32 Å². The standard InChI is InChI=1S/C15H21N3O/c19-9-11-1-4-13(5-2-11)16-8-12-3-6-14-15(7-12)18-10-17-14/h3,6-7,10-11,13,16,19H,1-2,4-5,8-9H2,(H,17,18). The Morgan fingerprint density at radius 2 is 2.11 bits per heavy atom. The van der Waals surface area contributed by atoms with Crippen LogP contribution >= 0.6 is 0 Å². The molecule has 1 heterocycles. The molecule has 3 N–H and O–H groups in total. The van der Waals surface area contributed by atoms with Crippen LogP contribution in [-0.2, 0) is 6.54 Å². The Morgan fingerprint density at radius 1 is 1.26 bits per heavy atom. The van der Waals surface area contributed by atoms with E-state index < -0.39 is 0 Å². The molecule has 4 heteroatoms. The van der Waals surface area contributed by atoms with Crippen LogP contribution in [0.15, 0.2) is 24.5 Å². The fourth-order valence-electron chi connectivity index (χ4n) is 2.90. The van der Waals surface area contributed by atoms with E-state index in [9.17, 15) is 0 Å². The summed E-state index contributed by atoms with van der Waals surface area (Å²) in [5, 5.41) is 12.8. The third-order valence-electron chi connectivity index (χ3n) is 4.18. The van der Waals surface area contributed by atoms with Crippen LogP contribution in [0, 0.1) is 5.92 Å². The van der Waals surface area contributed by atoms with E-state index in [0.717, 1.165) is 30.4 Å². The molecule has 3 rings (SSSR count). The third-order valence-corrected chi connectivity index (χ3v) is 4.18. The first-order valence-electron chi connectivity index (χ1n) is 7.11. The quantitative estimate of drug-likeness (QED) is 0.789. The number of hydrogen-bond acceptors (Lipinski definition) is 3. The first-order chi connectivity index (χ1) is 9.35. The van der Waals surface area contributed by atoms with E-state index in [1.807, 2.05) is 0 Å². The van der Waals surface area contributed by atoms with Crippen LogP contribution in [0.25, 0.3) is 11.0 Å². The van der Waals surface area contributed by atoms with Gasteiger partial charge in [-0.15, -0.1) is 0 Å². The molecule has 0 amide bonds. The molecule has 0 spiro atoms. The normalized spacial score (nSPS) is 23.8. The van der Waals surface area contributed by atoms with Gasteiger partial charge in [0.05, 0.1) is 17.4 Å². The zero-order valence-corrected chi connectivity index (χ0v) is 11.1. The maximum absolute atomic E-state index is 9.14. The highest BCUT2D eigenvalue weighted by Crippen LogP contribution is 2.24. The Bertz CT molecular complexity index is 529. The second-order valence-corrected chi connectivity index (χ2v) is 5.54. The molecular formula is C15H21N3O. The number of H-pyrrole nitrogens is 1. The Hall–Kier alpha value is -1.39. The highest BCUT2D eigenvalue weighted by Gasteiger charge is 2.19. The number of imidazole rings is 1.